The van der Waals surface area contributed by atoms with Crippen LogP contribution in [0.1, 0.15) is 53.9 Å². The van der Waals surface area contributed by atoms with E-state index in [2.05, 4.69) is 31.9 Å². The highest BCUT2D eigenvalue weighted by Gasteiger charge is 2.74. The summed E-state index contributed by atoms with van der Waals surface area (Å²) < 4.78 is -0.728. The number of rotatable bonds is 15. The number of carbonyl (C=O) groups excluding carboxylic acids is 3. The largest absolute Gasteiger partial charge is 0.394 e. The molecule has 236 valence electrons. The summed E-state index contributed by atoms with van der Waals surface area (Å²) in [7, 11) is 0. The number of aliphatic hydroxyl groups is 1. The van der Waals surface area contributed by atoms with Crippen molar-refractivity contribution in [1.82, 2.24) is 9.80 Å². The lowest BCUT2D eigenvalue weighted by molar-refractivity contribution is -0.146. The summed E-state index contributed by atoms with van der Waals surface area (Å²) >= 11 is 1.67. The zero-order valence-electron chi connectivity index (χ0n) is 26.6. The standard InChI is InChI=1S/C34H50N4O4S/c1-8-19-36(20-9-2)31(40)28-27-17-18-34(43-27)29(28)32(41)38(26(22-39)23(6)7)30(34)33(42)37(21-10-3)25-15-13-24(14-16-25)35(11-4)12-5/h8,10,13-16,23,26-30,39H,1,3,9,11-12,17-22H2,2,4-7H3/t26-,27-,28+,29-,30?,34?/m0/s1. The number of amides is 3. The fourth-order valence-corrected chi connectivity index (χ4v) is 9.78. The van der Waals surface area contributed by atoms with Gasteiger partial charge in [-0.1, -0.05) is 32.9 Å². The SMILES string of the molecule is C=CCN(CCC)C(=O)[C@@H]1[C@@H]2CCC3(S2)C(C(=O)N(CC=C)c2ccc(N(CC)CC)cc2)N([C@@H](CO)C(C)C)C(=O)[C@H]13. The highest BCUT2D eigenvalue weighted by atomic mass is 32.2. The Morgan fingerprint density at radius 3 is 2.23 bits per heavy atom. The van der Waals surface area contributed by atoms with E-state index in [4.69, 9.17) is 0 Å². The van der Waals surface area contributed by atoms with Gasteiger partial charge < -0.3 is 24.7 Å². The summed E-state index contributed by atoms with van der Waals surface area (Å²) in [6.45, 7) is 20.8. The van der Waals surface area contributed by atoms with Crippen molar-refractivity contribution in [2.45, 2.75) is 76.0 Å². The third-order valence-electron chi connectivity index (χ3n) is 9.59. The number of fused-ring (bicyclic) bond motifs is 1. The second-order valence-corrected chi connectivity index (χ2v) is 13.9. The zero-order chi connectivity index (χ0) is 31.5. The Morgan fingerprint density at radius 1 is 1.07 bits per heavy atom. The molecular formula is C34H50N4O4S. The van der Waals surface area contributed by atoms with Gasteiger partial charge in [-0.15, -0.1) is 24.9 Å². The van der Waals surface area contributed by atoms with Gasteiger partial charge in [-0.3, -0.25) is 14.4 Å². The first kappa shape index (κ1) is 33.1. The van der Waals surface area contributed by atoms with Crippen LogP contribution in [0.15, 0.2) is 49.6 Å². The maximum atomic E-state index is 14.9. The van der Waals surface area contributed by atoms with Crippen LogP contribution >= 0.6 is 11.8 Å². The van der Waals surface area contributed by atoms with E-state index in [1.807, 2.05) is 49.9 Å². The minimum Gasteiger partial charge on any atom is -0.394 e. The highest BCUT2D eigenvalue weighted by Crippen LogP contribution is 2.67. The molecule has 6 atom stereocenters. The molecule has 1 spiro atoms. The maximum Gasteiger partial charge on any atom is 0.251 e. The Labute approximate surface area is 262 Å². The molecule has 9 heteroatoms. The summed E-state index contributed by atoms with van der Waals surface area (Å²) in [5.41, 5.74) is 1.82. The fourth-order valence-electron chi connectivity index (χ4n) is 7.59. The molecule has 3 amide bonds. The van der Waals surface area contributed by atoms with Crippen molar-refractivity contribution >= 4 is 40.9 Å². The van der Waals surface area contributed by atoms with Gasteiger partial charge in [0.2, 0.25) is 11.8 Å². The number of nitrogens with zero attached hydrogens (tertiary/aromatic N) is 4. The van der Waals surface area contributed by atoms with Gasteiger partial charge in [0.1, 0.15) is 6.04 Å². The third-order valence-corrected chi connectivity index (χ3v) is 11.5. The average molecular weight is 611 g/mol. The van der Waals surface area contributed by atoms with E-state index in [0.29, 0.717) is 19.5 Å². The molecule has 1 aromatic rings. The Balaban J connectivity index is 1.79. The van der Waals surface area contributed by atoms with Crippen molar-refractivity contribution < 1.29 is 19.5 Å². The third kappa shape index (κ3) is 5.75. The smallest absolute Gasteiger partial charge is 0.251 e. The molecule has 2 unspecified atom stereocenters. The number of aliphatic hydroxyl groups excluding tert-OH is 1. The zero-order valence-corrected chi connectivity index (χ0v) is 27.4. The molecule has 0 aromatic heterocycles. The normalized spacial score (nSPS) is 26.4. The van der Waals surface area contributed by atoms with Gasteiger partial charge in [-0.2, -0.15) is 0 Å². The van der Waals surface area contributed by atoms with E-state index in [-0.39, 0.29) is 42.0 Å². The van der Waals surface area contributed by atoms with Gasteiger partial charge in [-0.05, 0) is 63.3 Å². The van der Waals surface area contributed by atoms with Crippen LogP contribution in [0, 0.1) is 17.8 Å². The predicted molar refractivity (Wildman–Crippen MR) is 176 cm³/mol. The van der Waals surface area contributed by atoms with Crippen molar-refractivity contribution in [1.29, 1.82) is 0 Å². The first-order valence-electron chi connectivity index (χ1n) is 15.9. The lowest BCUT2D eigenvalue weighted by Gasteiger charge is -2.40. The van der Waals surface area contributed by atoms with E-state index in [9.17, 15) is 19.5 Å². The quantitative estimate of drug-likeness (QED) is 0.293. The molecule has 0 radical (unpaired) electrons. The Kier molecular flexibility index (Phi) is 10.7. The Bertz CT molecular complexity index is 1190. The van der Waals surface area contributed by atoms with Gasteiger partial charge in [0.25, 0.3) is 5.91 Å². The van der Waals surface area contributed by atoms with E-state index < -0.39 is 28.7 Å². The molecule has 0 saturated carbocycles. The van der Waals surface area contributed by atoms with Crippen LogP contribution in [0.4, 0.5) is 11.4 Å². The molecule has 3 saturated heterocycles. The summed E-state index contributed by atoms with van der Waals surface area (Å²) in [5.74, 6) is -1.55. The molecule has 3 heterocycles. The number of benzene rings is 1. The van der Waals surface area contributed by atoms with Crippen LogP contribution in [0.25, 0.3) is 0 Å². The molecule has 0 aliphatic carbocycles. The second kappa shape index (κ2) is 13.9. The van der Waals surface area contributed by atoms with Crippen LogP contribution < -0.4 is 9.80 Å². The van der Waals surface area contributed by atoms with E-state index in [0.717, 1.165) is 37.3 Å². The molecule has 3 aliphatic rings. The van der Waals surface area contributed by atoms with Crippen molar-refractivity contribution in [3.8, 4) is 0 Å². The molecule has 3 fully saturated rings. The lowest BCUT2D eigenvalue weighted by atomic mass is 9.70. The predicted octanol–water partition coefficient (Wildman–Crippen LogP) is 4.58. The Morgan fingerprint density at radius 2 is 1.70 bits per heavy atom. The molecule has 1 N–H and O–H groups in total. The highest BCUT2D eigenvalue weighted by molar-refractivity contribution is 8.02. The molecule has 1 aromatic carbocycles. The number of hydrogen-bond donors (Lipinski definition) is 1. The van der Waals surface area contributed by atoms with Crippen molar-refractivity contribution in [3.05, 3.63) is 49.6 Å². The van der Waals surface area contributed by atoms with Crippen molar-refractivity contribution in [2.24, 2.45) is 17.8 Å². The van der Waals surface area contributed by atoms with Gasteiger partial charge >= 0.3 is 0 Å². The van der Waals surface area contributed by atoms with Crippen LogP contribution in [-0.2, 0) is 14.4 Å². The van der Waals surface area contributed by atoms with Crippen molar-refractivity contribution in [2.75, 3.05) is 49.1 Å². The first-order valence-corrected chi connectivity index (χ1v) is 16.8. The minimum absolute atomic E-state index is 0.0177. The molecule has 8 nitrogen and oxygen atoms in total. The van der Waals surface area contributed by atoms with Crippen LogP contribution in [-0.4, -0.2) is 94.0 Å². The molecule has 3 aliphatic heterocycles. The van der Waals surface area contributed by atoms with Gasteiger partial charge in [0.05, 0.1) is 29.2 Å². The van der Waals surface area contributed by atoms with Gasteiger partial charge in [-0.25, -0.2) is 0 Å². The molecule has 4 rings (SSSR count). The van der Waals surface area contributed by atoms with Crippen LogP contribution in [0.2, 0.25) is 0 Å². The number of anilines is 2. The Hall–Kier alpha value is -2.78. The van der Waals surface area contributed by atoms with E-state index >= 15 is 0 Å². The van der Waals surface area contributed by atoms with Crippen LogP contribution in [0.5, 0.6) is 0 Å². The first-order chi connectivity index (χ1) is 20.6. The lowest BCUT2D eigenvalue weighted by Crippen LogP contribution is -2.58. The average Bonchev–Trinajstić information content (AvgIpc) is 3.64. The summed E-state index contributed by atoms with van der Waals surface area (Å²) in [4.78, 5) is 51.0. The topological polar surface area (TPSA) is 84.4 Å². The van der Waals surface area contributed by atoms with Crippen LogP contribution in [0.3, 0.4) is 0 Å². The monoisotopic (exact) mass is 610 g/mol. The summed E-state index contributed by atoms with van der Waals surface area (Å²) in [6, 6.07) is 6.65. The molecule has 43 heavy (non-hydrogen) atoms. The van der Waals surface area contributed by atoms with Gasteiger partial charge in [0.15, 0.2) is 0 Å². The maximum absolute atomic E-state index is 14.9. The number of thioether (sulfide) groups is 1. The van der Waals surface area contributed by atoms with E-state index in [1.165, 1.54) is 0 Å². The fraction of sp³-hybridized carbons (Fsp3) is 0.618. The van der Waals surface area contributed by atoms with Gasteiger partial charge in [0, 0.05) is 49.3 Å². The number of likely N-dealkylation sites (tertiary alicyclic amines) is 1. The van der Waals surface area contributed by atoms with E-state index in [1.54, 1.807) is 33.7 Å². The molecule has 2 bridgehead atoms. The second-order valence-electron chi connectivity index (χ2n) is 12.3. The molecular weight excluding hydrogens is 560 g/mol. The summed E-state index contributed by atoms with van der Waals surface area (Å²) in [6.07, 6.45) is 5.72. The number of hydrogen-bond acceptors (Lipinski definition) is 6. The number of carbonyl (C=O) groups is 3. The minimum atomic E-state index is -0.793. The van der Waals surface area contributed by atoms with Crippen molar-refractivity contribution in [3.63, 3.8) is 0 Å². The summed E-state index contributed by atoms with van der Waals surface area (Å²) in [5, 5.41) is 10.5.